The molecule has 0 atom stereocenters. The Hall–Kier alpha value is -2.24. The summed E-state index contributed by atoms with van der Waals surface area (Å²) in [5, 5.41) is 5.95. The first kappa shape index (κ1) is 17.6. The summed E-state index contributed by atoms with van der Waals surface area (Å²) in [5.74, 6) is 1.75. The van der Waals surface area contributed by atoms with Gasteiger partial charge in [0.05, 0.1) is 0 Å². The Balaban J connectivity index is 1.43. The Morgan fingerprint density at radius 1 is 1.00 bits per heavy atom. The van der Waals surface area contributed by atoms with E-state index in [1.165, 1.54) is 0 Å². The lowest BCUT2D eigenvalue weighted by Crippen LogP contribution is -2.37. The zero-order chi connectivity index (χ0) is 17.6. The van der Waals surface area contributed by atoms with Crippen LogP contribution in [-0.4, -0.2) is 25.2 Å². The highest BCUT2D eigenvalue weighted by molar-refractivity contribution is 5.81. The number of ether oxygens (including phenoxy) is 2. The van der Waals surface area contributed by atoms with E-state index in [0.29, 0.717) is 6.54 Å². The molecule has 1 aliphatic heterocycles. The van der Waals surface area contributed by atoms with Gasteiger partial charge in [-0.2, -0.15) is 0 Å². The van der Waals surface area contributed by atoms with E-state index in [1.807, 2.05) is 25.1 Å². The molecule has 6 nitrogen and oxygen atoms in total. The summed E-state index contributed by atoms with van der Waals surface area (Å²) in [6.45, 7) is 3.50. The first-order valence-corrected chi connectivity index (χ1v) is 9.11. The van der Waals surface area contributed by atoms with Crippen molar-refractivity contribution in [3.63, 3.8) is 0 Å². The van der Waals surface area contributed by atoms with Gasteiger partial charge in [0.1, 0.15) is 0 Å². The molecule has 1 aliphatic carbocycles. The van der Waals surface area contributed by atoms with Crippen LogP contribution < -0.4 is 20.1 Å². The van der Waals surface area contributed by atoms with Crippen LogP contribution in [0, 0.1) is 11.8 Å². The highest BCUT2D eigenvalue weighted by Crippen LogP contribution is 2.33. The van der Waals surface area contributed by atoms with Gasteiger partial charge in [-0.25, -0.2) is 0 Å². The minimum Gasteiger partial charge on any atom is -0.454 e. The van der Waals surface area contributed by atoms with Gasteiger partial charge in [0.2, 0.25) is 18.6 Å². The number of carbonyl (C=O) groups is 2. The highest BCUT2D eigenvalue weighted by Gasteiger charge is 2.29. The van der Waals surface area contributed by atoms with Crippen LogP contribution in [0.2, 0.25) is 0 Å². The molecule has 0 radical (unpaired) electrons. The first-order valence-electron chi connectivity index (χ1n) is 9.11. The molecule has 136 valence electrons. The predicted octanol–water partition coefficient (Wildman–Crippen LogP) is 2.36. The lowest BCUT2D eigenvalue weighted by atomic mass is 9.81. The number of hydrogen-bond acceptors (Lipinski definition) is 4. The molecule has 2 N–H and O–H groups in total. The molecule has 0 saturated heterocycles. The third kappa shape index (κ3) is 4.44. The van der Waals surface area contributed by atoms with E-state index in [4.69, 9.17) is 9.47 Å². The molecule has 1 aromatic carbocycles. The number of fused-ring (bicyclic) bond motifs is 1. The summed E-state index contributed by atoms with van der Waals surface area (Å²) in [5.41, 5.74) is 0.991. The number of carbonyl (C=O) groups excluding carboxylic acids is 2. The zero-order valence-corrected chi connectivity index (χ0v) is 14.7. The maximum absolute atomic E-state index is 12.4. The maximum Gasteiger partial charge on any atom is 0.231 e. The van der Waals surface area contributed by atoms with Crippen LogP contribution in [0.3, 0.4) is 0 Å². The Morgan fingerprint density at radius 3 is 2.32 bits per heavy atom. The lowest BCUT2D eigenvalue weighted by molar-refractivity contribution is -0.130. The average Bonchev–Trinajstić information content (AvgIpc) is 3.12. The van der Waals surface area contributed by atoms with Crippen LogP contribution in [0.1, 0.15) is 44.6 Å². The van der Waals surface area contributed by atoms with Crippen molar-refractivity contribution in [2.75, 3.05) is 13.3 Å². The fraction of sp³-hybridized carbons (Fsp3) is 0.579. The Kier molecular flexibility index (Phi) is 5.79. The fourth-order valence-electron chi connectivity index (χ4n) is 3.39. The molecule has 2 amide bonds. The highest BCUT2D eigenvalue weighted by atomic mass is 16.7. The summed E-state index contributed by atoms with van der Waals surface area (Å²) < 4.78 is 10.6. The van der Waals surface area contributed by atoms with Crippen molar-refractivity contribution in [3.05, 3.63) is 23.8 Å². The summed E-state index contributed by atoms with van der Waals surface area (Å²) in [6.07, 6.45) is 4.08. The molecule has 0 bridgehead atoms. The third-order valence-electron chi connectivity index (χ3n) is 4.92. The van der Waals surface area contributed by atoms with E-state index < -0.39 is 0 Å². The second-order valence-electron chi connectivity index (χ2n) is 6.74. The van der Waals surface area contributed by atoms with Gasteiger partial charge in [-0.3, -0.25) is 9.59 Å². The van der Waals surface area contributed by atoms with Gasteiger partial charge in [0.15, 0.2) is 11.5 Å². The number of hydrogen-bond donors (Lipinski definition) is 2. The first-order chi connectivity index (χ1) is 12.2. The van der Waals surface area contributed by atoms with Crippen LogP contribution in [0.4, 0.5) is 0 Å². The van der Waals surface area contributed by atoms with Gasteiger partial charge >= 0.3 is 0 Å². The molecule has 25 heavy (non-hydrogen) atoms. The molecule has 1 heterocycles. The zero-order valence-electron chi connectivity index (χ0n) is 14.7. The molecule has 0 unspecified atom stereocenters. The van der Waals surface area contributed by atoms with Crippen LogP contribution in [0.25, 0.3) is 0 Å². The number of amides is 2. The van der Waals surface area contributed by atoms with Crippen LogP contribution in [-0.2, 0) is 16.1 Å². The van der Waals surface area contributed by atoms with E-state index in [9.17, 15) is 9.59 Å². The molecule has 1 aromatic rings. The van der Waals surface area contributed by atoms with Crippen LogP contribution in [0.5, 0.6) is 11.5 Å². The average molecular weight is 346 g/mol. The monoisotopic (exact) mass is 346 g/mol. The van der Waals surface area contributed by atoms with Gasteiger partial charge in [-0.15, -0.1) is 0 Å². The standard InChI is InChI=1S/C19H26N2O4/c1-2-9-20-18(22)14-4-6-15(7-5-14)19(23)21-11-13-3-8-16-17(10-13)25-12-24-16/h3,8,10,14-15H,2,4-7,9,11-12H2,1H3,(H,20,22)(H,21,23). The van der Waals surface area contributed by atoms with Gasteiger partial charge in [0.25, 0.3) is 0 Å². The SMILES string of the molecule is CCCNC(=O)C1CCC(C(=O)NCc2ccc3c(c2)OCO3)CC1. The molecule has 2 aliphatic rings. The second-order valence-corrected chi connectivity index (χ2v) is 6.74. The van der Waals surface area contributed by atoms with E-state index in [2.05, 4.69) is 10.6 Å². The minimum absolute atomic E-state index is 0.00392. The van der Waals surface area contributed by atoms with Gasteiger partial charge < -0.3 is 20.1 Å². The van der Waals surface area contributed by atoms with E-state index in [-0.39, 0.29) is 30.4 Å². The van der Waals surface area contributed by atoms with Crippen LogP contribution >= 0.6 is 0 Å². The van der Waals surface area contributed by atoms with Crippen LogP contribution in [0.15, 0.2) is 18.2 Å². The van der Waals surface area contributed by atoms with Crippen molar-refractivity contribution in [1.29, 1.82) is 0 Å². The Bertz CT molecular complexity index is 624. The summed E-state index contributed by atoms with van der Waals surface area (Å²) in [6, 6.07) is 5.70. The lowest BCUT2D eigenvalue weighted by Gasteiger charge is -2.27. The number of rotatable bonds is 6. The largest absolute Gasteiger partial charge is 0.454 e. The van der Waals surface area contributed by atoms with Gasteiger partial charge in [0, 0.05) is 24.9 Å². The summed E-state index contributed by atoms with van der Waals surface area (Å²) >= 11 is 0. The molecule has 0 aromatic heterocycles. The molecule has 6 heteroatoms. The molecular weight excluding hydrogens is 320 g/mol. The molecular formula is C19H26N2O4. The van der Waals surface area contributed by atoms with Crippen molar-refractivity contribution in [3.8, 4) is 11.5 Å². The number of nitrogens with one attached hydrogen (secondary N) is 2. The Labute approximate surface area is 148 Å². The number of benzene rings is 1. The smallest absolute Gasteiger partial charge is 0.231 e. The summed E-state index contributed by atoms with van der Waals surface area (Å²) in [7, 11) is 0. The molecule has 1 saturated carbocycles. The van der Waals surface area contributed by atoms with E-state index in [1.54, 1.807) is 0 Å². The van der Waals surface area contributed by atoms with Crippen molar-refractivity contribution < 1.29 is 19.1 Å². The van der Waals surface area contributed by atoms with Crippen molar-refractivity contribution >= 4 is 11.8 Å². The van der Waals surface area contributed by atoms with Gasteiger partial charge in [-0.05, 0) is 49.8 Å². The minimum atomic E-state index is 0.00392. The fourth-order valence-corrected chi connectivity index (χ4v) is 3.39. The normalized spacial score (nSPS) is 21.6. The quantitative estimate of drug-likeness (QED) is 0.829. The second kappa shape index (κ2) is 8.23. The predicted molar refractivity (Wildman–Crippen MR) is 93.2 cm³/mol. The molecule has 0 spiro atoms. The van der Waals surface area contributed by atoms with E-state index in [0.717, 1.165) is 55.7 Å². The molecule has 3 rings (SSSR count). The van der Waals surface area contributed by atoms with Crippen molar-refractivity contribution in [2.24, 2.45) is 11.8 Å². The van der Waals surface area contributed by atoms with Crippen molar-refractivity contribution in [1.82, 2.24) is 10.6 Å². The Morgan fingerprint density at radius 2 is 1.64 bits per heavy atom. The van der Waals surface area contributed by atoms with Gasteiger partial charge in [-0.1, -0.05) is 13.0 Å². The third-order valence-corrected chi connectivity index (χ3v) is 4.92. The topological polar surface area (TPSA) is 76.7 Å². The maximum atomic E-state index is 12.4. The summed E-state index contributed by atoms with van der Waals surface area (Å²) in [4.78, 5) is 24.4. The van der Waals surface area contributed by atoms with E-state index >= 15 is 0 Å². The van der Waals surface area contributed by atoms with Crippen molar-refractivity contribution in [2.45, 2.75) is 45.6 Å². The molecule has 1 fully saturated rings.